The molecule has 6 heteroatoms. The summed E-state index contributed by atoms with van der Waals surface area (Å²) >= 11 is 0. The van der Waals surface area contributed by atoms with Crippen molar-refractivity contribution in [1.29, 1.82) is 0 Å². The van der Waals surface area contributed by atoms with Gasteiger partial charge >= 0.3 is 0 Å². The lowest BCUT2D eigenvalue weighted by Crippen LogP contribution is -2.43. The van der Waals surface area contributed by atoms with E-state index >= 15 is 0 Å². The molecule has 0 aliphatic heterocycles. The number of fused-ring (bicyclic) bond motifs is 1. The van der Waals surface area contributed by atoms with Crippen LogP contribution in [0.15, 0.2) is 18.7 Å². The molecule has 0 fully saturated rings. The third-order valence-electron chi connectivity index (χ3n) is 2.56. The summed E-state index contributed by atoms with van der Waals surface area (Å²) < 4.78 is 2.21. The van der Waals surface area contributed by atoms with Crippen LogP contribution in [-0.2, 0) is 0 Å². The zero-order valence-electron chi connectivity index (χ0n) is 9.97. The lowest BCUT2D eigenvalue weighted by molar-refractivity contribution is 1.10. The quantitative estimate of drug-likeness (QED) is 0.739. The number of nitrogens with zero attached hydrogens (tertiary/aromatic N) is 5. The van der Waals surface area contributed by atoms with E-state index < -0.39 is 8.24 Å². The molecular formula is C10H15N5Si. The zero-order chi connectivity index (χ0) is 11.8. The molecule has 0 saturated carbocycles. The Hall–Kier alpha value is -1.56. The van der Waals surface area contributed by atoms with Crippen molar-refractivity contribution in [2.45, 2.75) is 19.6 Å². The van der Waals surface area contributed by atoms with Gasteiger partial charge in [-0.05, 0) is 7.05 Å². The van der Waals surface area contributed by atoms with Crippen molar-refractivity contribution in [2.24, 2.45) is 0 Å². The SMILES string of the molecule is CN(c1cnc2ncncc2n1)[Si](C)(C)C. The highest BCUT2D eigenvalue weighted by molar-refractivity contribution is 6.79. The Morgan fingerprint density at radius 3 is 2.56 bits per heavy atom. The first-order chi connectivity index (χ1) is 7.48. The summed E-state index contributed by atoms with van der Waals surface area (Å²) in [5.41, 5.74) is 1.38. The van der Waals surface area contributed by atoms with Gasteiger partial charge in [-0.15, -0.1) is 0 Å². The second-order valence-electron chi connectivity index (χ2n) is 4.69. The van der Waals surface area contributed by atoms with Gasteiger partial charge in [0.05, 0.1) is 12.4 Å². The maximum Gasteiger partial charge on any atom is 0.181 e. The molecular weight excluding hydrogens is 218 g/mol. The summed E-state index contributed by atoms with van der Waals surface area (Å²) in [6.07, 6.45) is 4.95. The molecule has 5 nitrogen and oxygen atoms in total. The summed E-state index contributed by atoms with van der Waals surface area (Å²) in [5.74, 6) is 0.890. The summed E-state index contributed by atoms with van der Waals surface area (Å²) in [6, 6.07) is 0. The molecule has 2 aromatic heterocycles. The van der Waals surface area contributed by atoms with Gasteiger partial charge in [-0.1, -0.05) is 19.6 Å². The van der Waals surface area contributed by atoms with Crippen molar-refractivity contribution in [3.05, 3.63) is 18.7 Å². The molecule has 0 aliphatic carbocycles. The maximum absolute atomic E-state index is 4.51. The molecule has 2 rings (SSSR count). The molecule has 2 aromatic rings. The number of hydrogen-bond acceptors (Lipinski definition) is 5. The predicted octanol–water partition coefficient (Wildman–Crippen LogP) is 1.69. The average molecular weight is 233 g/mol. The van der Waals surface area contributed by atoms with Crippen molar-refractivity contribution in [3.8, 4) is 0 Å². The van der Waals surface area contributed by atoms with Crippen LogP contribution in [0.2, 0.25) is 19.6 Å². The van der Waals surface area contributed by atoms with E-state index in [1.807, 2.05) is 0 Å². The molecule has 0 unspecified atom stereocenters. The van der Waals surface area contributed by atoms with Crippen LogP contribution in [-0.4, -0.2) is 35.2 Å². The summed E-state index contributed by atoms with van der Waals surface area (Å²) in [6.45, 7) is 6.79. The molecule has 16 heavy (non-hydrogen) atoms. The molecule has 0 aromatic carbocycles. The van der Waals surface area contributed by atoms with E-state index in [-0.39, 0.29) is 0 Å². The van der Waals surface area contributed by atoms with Crippen LogP contribution in [0.1, 0.15) is 0 Å². The second kappa shape index (κ2) is 3.78. The fourth-order valence-electron chi connectivity index (χ4n) is 1.27. The van der Waals surface area contributed by atoms with Gasteiger partial charge in [-0.25, -0.2) is 19.9 Å². The number of aromatic nitrogens is 4. The van der Waals surface area contributed by atoms with Crippen molar-refractivity contribution < 1.29 is 0 Å². The first-order valence-corrected chi connectivity index (χ1v) is 8.60. The smallest absolute Gasteiger partial charge is 0.181 e. The molecule has 0 saturated heterocycles. The van der Waals surface area contributed by atoms with Gasteiger partial charge in [0.15, 0.2) is 5.65 Å². The standard InChI is InChI=1S/C10H15N5Si/c1-15(16(2,3)4)9-6-12-10-8(14-9)5-11-7-13-10/h5-7H,1-4H3. The molecule has 0 atom stereocenters. The lowest BCUT2D eigenvalue weighted by Gasteiger charge is -2.30. The summed E-state index contributed by atoms with van der Waals surface area (Å²) in [7, 11) is 0.663. The monoisotopic (exact) mass is 233 g/mol. The normalized spacial score (nSPS) is 11.8. The van der Waals surface area contributed by atoms with Crippen molar-refractivity contribution in [3.63, 3.8) is 0 Å². The van der Waals surface area contributed by atoms with Crippen LogP contribution in [0.3, 0.4) is 0 Å². The molecule has 0 N–H and O–H groups in total. The Bertz CT molecular complexity index is 508. The largest absolute Gasteiger partial charge is 0.385 e. The van der Waals surface area contributed by atoms with Gasteiger partial charge in [-0.3, -0.25) is 0 Å². The van der Waals surface area contributed by atoms with E-state index in [0.29, 0.717) is 5.65 Å². The predicted molar refractivity (Wildman–Crippen MR) is 66.9 cm³/mol. The minimum Gasteiger partial charge on any atom is -0.385 e. The summed E-state index contributed by atoms with van der Waals surface area (Å²) in [4.78, 5) is 16.8. The van der Waals surface area contributed by atoms with Crippen LogP contribution < -0.4 is 4.57 Å². The van der Waals surface area contributed by atoms with Crippen LogP contribution in [0.4, 0.5) is 5.82 Å². The molecule has 0 radical (unpaired) electrons. The first kappa shape index (κ1) is 10.9. The molecule has 0 spiro atoms. The number of hydrogen-bond donors (Lipinski definition) is 0. The first-order valence-electron chi connectivity index (χ1n) is 5.15. The van der Waals surface area contributed by atoms with Crippen LogP contribution in [0.25, 0.3) is 11.2 Å². The van der Waals surface area contributed by atoms with Crippen LogP contribution >= 0.6 is 0 Å². The second-order valence-corrected chi connectivity index (χ2v) is 9.70. The van der Waals surface area contributed by atoms with E-state index in [1.54, 1.807) is 12.4 Å². The van der Waals surface area contributed by atoms with E-state index in [1.165, 1.54) is 6.33 Å². The fraction of sp³-hybridized carbons (Fsp3) is 0.400. The minimum absolute atomic E-state index is 0.641. The molecule has 0 aliphatic rings. The third-order valence-corrected chi connectivity index (χ3v) is 4.80. The minimum atomic E-state index is -1.40. The molecule has 0 bridgehead atoms. The van der Waals surface area contributed by atoms with E-state index in [0.717, 1.165) is 11.3 Å². The Labute approximate surface area is 95.7 Å². The highest BCUT2D eigenvalue weighted by Gasteiger charge is 2.21. The molecule has 2 heterocycles. The number of rotatable bonds is 2. The van der Waals surface area contributed by atoms with Crippen molar-refractivity contribution in [1.82, 2.24) is 19.9 Å². The van der Waals surface area contributed by atoms with Crippen LogP contribution in [0, 0.1) is 0 Å². The topological polar surface area (TPSA) is 54.8 Å². The fourth-order valence-corrected chi connectivity index (χ4v) is 2.07. The van der Waals surface area contributed by atoms with E-state index in [2.05, 4.69) is 51.2 Å². The van der Waals surface area contributed by atoms with Crippen molar-refractivity contribution in [2.75, 3.05) is 11.6 Å². The van der Waals surface area contributed by atoms with E-state index in [4.69, 9.17) is 0 Å². The zero-order valence-corrected chi connectivity index (χ0v) is 11.0. The Kier molecular flexibility index (Phi) is 2.59. The maximum atomic E-state index is 4.51. The van der Waals surface area contributed by atoms with Crippen LogP contribution in [0.5, 0.6) is 0 Å². The lowest BCUT2D eigenvalue weighted by atomic mass is 10.5. The van der Waals surface area contributed by atoms with Gasteiger partial charge in [0, 0.05) is 0 Å². The highest BCUT2D eigenvalue weighted by Crippen LogP contribution is 2.17. The van der Waals surface area contributed by atoms with E-state index in [9.17, 15) is 0 Å². The average Bonchev–Trinajstić information content (AvgIpc) is 2.26. The van der Waals surface area contributed by atoms with Gasteiger partial charge < -0.3 is 4.57 Å². The Balaban J connectivity index is 2.47. The highest BCUT2D eigenvalue weighted by atomic mass is 28.3. The number of anilines is 1. The van der Waals surface area contributed by atoms with Crippen molar-refractivity contribution >= 4 is 25.2 Å². The Morgan fingerprint density at radius 1 is 1.12 bits per heavy atom. The molecule has 0 amide bonds. The summed E-state index contributed by atoms with van der Waals surface area (Å²) in [5, 5.41) is 0. The Morgan fingerprint density at radius 2 is 1.88 bits per heavy atom. The van der Waals surface area contributed by atoms with Gasteiger partial charge in [0.2, 0.25) is 0 Å². The third kappa shape index (κ3) is 2.01. The van der Waals surface area contributed by atoms with Gasteiger partial charge in [0.25, 0.3) is 0 Å². The van der Waals surface area contributed by atoms with Gasteiger partial charge in [0.1, 0.15) is 25.9 Å². The molecule has 84 valence electrons. The van der Waals surface area contributed by atoms with Gasteiger partial charge in [-0.2, -0.15) is 0 Å².